The van der Waals surface area contributed by atoms with Crippen molar-refractivity contribution in [1.82, 2.24) is 0 Å². The largest absolute Gasteiger partial charge is 0.320 e. The maximum absolute atomic E-state index is 12.2. The van der Waals surface area contributed by atoms with Crippen molar-refractivity contribution >= 4 is 11.6 Å². The van der Waals surface area contributed by atoms with Crippen LogP contribution in [0.5, 0.6) is 0 Å². The van der Waals surface area contributed by atoms with E-state index in [4.69, 9.17) is 0 Å². The van der Waals surface area contributed by atoms with Gasteiger partial charge in [-0.25, -0.2) is 0 Å². The normalized spacial score (nSPS) is 9.86. The number of amides is 1. The number of hydrogen-bond donors (Lipinski definition) is 1. The minimum atomic E-state index is 0. The Morgan fingerprint density at radius 1 is 1.14 bits per heavy atom. The average Bonchev–Trinajstić information content (AvgIpc) is 2.43. The molecule has 0 aliphatic heterocycles. The van der Waals surface area contributed by atoms with Gasteiger partial charge in [0.15, 0.2) is 12.4 Å². The molecular formula is C17H21N2OY+. The monoisotopic (exact) mass is 358 g/mol. The van der Waals surface area contributed by atoms with Crippen molar-refractivity contribution in [3.8, 4) is 0 Å². The van der Waals surface area contributed by atoms with Crippen LogP contribution in [0.1, 0.15) is 23.6 Å². The molecule has 0 aliphatic rings. The van der Waals surface area contributed by atoms with Crippen LogP contribution in [0.25, 0.3) is 0 Å². The summed E-state index contributed by atoms with van der Waals surface area (Å²) in [6, 6.07) is 10.1. The minimum absolute atomic E-state index is 0. The molecule has 21 heavy (non-hydrogen) atoms. The SMILES string of the molecule is CCc1ccc[n+](CC(=O)Nc2c(C)cccc2C)c1.[Y]. The minimum Gasteiger partial charge on any atom is -0.320 e. The molecule has 107 valence electrons. The predicted octanol–water partition coefficient (Wildman–Crippen LogP) is 2.79. The Kier molecular flexibility index (Phi) is 7.20. The number of carbonyl (C=O) groups is 1. The zero-order chi connectivity index (χ0) is 14.5. The first-order chi connectivity index (χ1) is 9.60. The Morgan fingerprint density at radius 2 is 1.81 bits per heavy atom. The van der Waals surface area contributed by atoms with E-state index >= 15 is 0 Å². The van der Waals surface area contributed by atoms with Crippen LogP contribution < -0.4 is 9.88 Å². The van der Waals surface area contributed by atoms with Crippen LogP contribution in [0.15, 0.2) is 42.7 Å². The number of nitrogens with one attached hydrogen (secondary N) is 1. The van der Waals surface area contributed by atoms with E-state index in [1.54, 1.807) is 0 Å². The predicted molar refractivity (Wildman–Crippen MR) is 80.6 cm³/mol. The molecule has 0 aliphatic carbocycles. The van der Waals surface area contributed by atoms with Gasteiger partial charge in [0.2, 0.25) is 6.54 Å². The molecule has 1 amide bonds. The van der Waals surface area contributed by atoms with Crippen LogP contribution in [0.4, 0.5) is 5.69 Å². The number of benzene rings is 1. The third-order valence-corrected chi connectivity index (χ3v) is 3.40. The molecule has 1 aromatic carbocycles. The summed E-state index contributed by atoms with van der Waals surface area (Å²) >= 11 is 0. The molecule has 2 aromatic rings. The number of carbonyl (C=O) groups excluding carboxylic acids is 1. The van der Waals surface area contributed by atoms with E-state index in [-0.39, 0.29) is 38.6 Å². The average molecular weight is 358 g/mol. The molecule has 3 nitrogen and oxygen atoms in total. The second kappa shape index (κ2) is 8.40. The van der Waals surface area contributed by atoms with Gasteiger partial charge in [0.1, 0.15) is 0 Å². The van der Waals surface area contributed by atoms with Gasteiger partial charge in [0.05, 0.1) is 0 Å². The summed E-state index contributed by atoms with van der Waals surface area (Å²) in [4.78, 5) is 12.2. The van der Waals surface area contributed by atoms with Crippen molar-refractivity contribution in [3.05, 3.63) is 59.4 Å². The van der Waals surface area contributed by atoms with Gasteiger partial charge < -0.3 is 5.32 Å². The topological polar surface area (TPSA) is 33.0 Å². The Morgan fingerprint density at radius 3 is 2.43 bits per heavy atom. The van der Waals surface area contributed by atoms with Gasteiger partial charge >= 0.3 is 0 Å². The van der Waals surface area contributed by atoms with E-state index in [0.29, 0.717) is 6.54 Å². The van der Waals surface area contributed by atoms with Gasteiger partial charge in [-0.1, -0.05) is 25.1 Å². The number of para-hydroxylation sites is 1. The van der Waals surface area contributed by atoms with E-state index in [1.165, 1.54) is 5.56 Å². The summed E-state index contributed by atoms with van der Waals surface area (Å²) in [5.74, 6) is 0.000605. The number of pyridine rings is 1. The van der Waals surface area contributed by atoms with Gasteiger partial charge in [0.25, 0.3) is 5.91 Å². The number of nitrogens with zero attached hydrogens (tertiary/aromatic N) is 1. The first-order valence-electron chi connectivity index (χ1n) is 6.94. The molecule has 0 unspecified atom stereocenters. The van der Waals surface area contributed by atoms with Crippen LogP contribution in [-0.2, 0) is 50.5 Å². The zero-order valence-electron chi connectivity index (χ0n) is 12.9. The Hall–Kier alpha value is -1.06. The maximum atomic E-state index is 12.2. The molecule has 0 saturated carbocycles. The van der Waals surface area contributed by atoms with E-state index in [0.717, 1.165) is 23.2 Å². The van der Waals surface area contributed by atoms with Gasteiger partial charge in [0, 0.05) is 50.0 Å². The molecular weight excluding hydrogens is 337 g/mol. The maximum Gasteiger partial charge on any atom is 0.290 e. The van der Waals surface area contributed by atoms with Crippen LogP contribution in [0.3, 0.4) is 0 Å². The fourth-order valence-electron chi connectivity index (χ4n) is 2.24. The summed E-state index contributed by atoms with van der Waals surface area (Å²) in [6.45, 7) is 6.46. The first-order valence-corrected chi connectivity index (χ1v) is 6.94. The van der Waals surface area contributed by atoms with E-state index < -0.39 is 0 Å². The molecule has 1 N–H and O–H groups in total. The summed E-state index contributed by atoms with van der Waals surface area (Å²) in [6.07, 6.45) is 4.91. The van der Waals surface area contributed by atoms with Crippen molar-refractivity contribution in [3.63, 3.8) is 0 Å². The molecule has 1 heterocycles. The molecule has 0 fully saturated rings. The molecule has 0 atom stereocenters. The van der Waals surface area contributed by atoms with Crippen LogP contribution in [-0.4, -0.2) is 5.91 Å². The molecule has 2 rings (SSSR count). The second-order valence-electron chi connectivity index (χ2n) is 5.05. The Balaban J connectivity index is 0.00000220. The van der Waals surface area contributed by atoms with Crippen molar-refractivity contribution in [2.45, 2.75) is 33.7 Å². The van der Waals surface area contributed by atoms with E-state index in [1.807, 2.05) is 55.1 Å². The first kappa shape index (κ1) is 18.0. The Bertz CT molecular complexity index is 606. The van der Waals surface area contributed by atoms with E-state index in [9.17, 15) is 4.79 Å². The fraction of sp³-hybridized carbons (Fsp3) is 0.294. The van der Waals surface area contributed by atoms with Crippen LogP contribution >= 0.6 is 0 Å². The summed E-state index contributed by atoms with van der Waals surface area (Å²) in [5.41, 5.74) is 4.33. The standard InChI is InChI=1S/C17H20N2O.Y/c1-4-15-9-6-10-19(11-15)12-16(20)18-17-13(2)7-5-8-14(17)3;/h5-11H,4,12H2,1-3H3;/p+1. The summed E-state index contributed by atoms with van der Waals surface area (Å²) < 4.78 is 1.92. The Labute approximate surface area is 151 Å². The van der Waals surface area contributed by atoms with Gasteiger partial charge in [-0.15, -0.1) is 0 Å². The van der Waals surface area contributed by atoms with Crippen molar-refractivity contribution in [1.29, 1.82) is 0 Å². The number of hydrogen-bond acceptors (Lipinski definition) is 1. The number of aromatic nitrogens is 1. The molecule has 0 bridgehead atoms. The second-order valence-corrected chi connectivity index (χ2v) is 5.05. The third kappa shape index (κ3) is 5.01. The van der Waals surface area contributed by atoms with Crippen molar-refractivity contribution < 1.29 is 42.1 Å². The summed E-state index contributed by atoms with van der Waals surface area (Å²) in [7, 11) is 0. The van der Waals surface area contributed by atoms with Gasteiger partial charge in [-0.2, -0.15) is 4.57 Å². The van der Waals surface area contributed by atoms with E-state index in [2.05, 4.69) is 18.3 Å². The molecule has 0 spiro atoms. The number of rotatable bonds is 4. The zero-order valence-corrected chi connectivity index (χ0v) is 15.7. The summed E-state index contributed by atoms with van der Waals surface area (Å²) in [5, 5.41) is 3.00. The van der Waals surface area contributed by atoms with Gasteiger partial charge in [-0.3, -0.25) is 4.79 Å². The van der Waals surface area contributed by atoms with Crippen LogP contribution in [0, 0.1) is 13.8 Å². The number of anilines is 1. The van der Waals surface area contributed by atoms with Gasteiger partial charge in [-0.05, 0) is 37.5 Å². The third-order valence-electron chi connectivity index (χ3n) is 3.40. The quantitative estimate of drug-likeness (QED) is 0.838. The van der Waals surface area contributed by atoms with Crippen molar-refractivity contribution in [2.75, 3.05) is 5.32 Å². The molecule has 0 saturated heterocycles. The van der Waals surface area contributed by atoms with Crippen molar-refractivity contribution in [2.24, 2.45) is 0 Å². The molecule has 1 radical (unpaired) electrons. The smallest absolute Gasteiger partial charge is 0.290 e. The fourth-order valence-corrected chi connectivity index (χ4v) is 2.24. The molecule has 4 heteroatoms. The van der Waals surface area contributed by atoms with Crippen LogP contribution in [0.2, 0.25) is 0 Å². The molecule has 1 aromatic heterocycles. The number of aryl methyl sites for hydroxylation is 3.